The second-order valence-corrected chi connectivity index (χ2v) is 22.9. The first-order valence-corrected chi connectivity index (χ1v) is 27.8. The molecular weight excluding hydrogens is 941 g/mol. The first kappa shape index (κ1) is 53.2. The van der Waals surface area contributed by atoms with Crippen LogP contribution in [-0.2, 0) is 0 Å². The van der Waals surface area contributed by atoms with E-state index in [1.54, 1.807) is 0 Å². The van der Waals surface area contributed by atoms with Gasteiger partial charge in [-0.25, -0.2) is 0 Å². The third kappa shape index (κ3) is 10.3. The molecule has 0 fully saturated rings. The average molecular weight is 1020 g/mol. The maximum atomic E-state index is 2.46. The SMILES string of the molecule is Cc1ccc(-c2ccc(N(c3ccc(-c4ccc(C)cc4C)c(C)c3)c3cc(C)c(-c4c(C)cc(N(c5ccc(-c6ccc(C)cc6C)c(C)c5)c5ccc(-c6ccc(C)cc6C)c(C)c5)cc4C)c(C)c3)cc2C)c(C)c1. The number of hydrogen-bond donors (Lipinski definition) is 0. The van der Waals surface area contributed by atoms with Gasteiger partial charge >= 0.3 is 0 Å². The zero-order chi connectivity index (χ0) is 55.4. The Morgan fingerprint density at radius 2 is 0.333 bits per heavy atom. The van der Waals surface area contributed by atoms with Crippen molar-refractivity contribution >= 4 is 34.1 Å². The molecule has 0 aliphatic heterocycles. The van der Waals surface area contributed by atoms with Crippen molar-refractivity contribution in [2.75, 3.05) is 9.80 Å². The van der Waals surface area contributed by atoms with Crippen LogP contribution < -0.4 is 9.80 Å². The third-order valence-electron chi connectivity index (χ3n) is 16.4. The van der Waals surface area contributed by atoms with E-state index >= 15 is 0 Å². The molecule has 10 aromatic rings. The van der Waals surface area contributed by atoms with Gasteiger partial charge in [0.1, 0.15) is 0 Å². The zero-order valence-electron chi connectivity index (χ0n) is 49.1. The standard InChI is InChI=1S/C76H76N2/c1-45-17-25-67(49(5)33-45)71-29-21-61(37-53(71)9)77(62-22-30-72(54(10)38-62)68-26-18-46(2)34-50(68)6)65-41-57(13)75(58(14)42-65)76-59(15)43-66(44-60(76)16)78(63-23-31-73(55(11)39-63)69-27-19-47(3)35-51(69)7)64-24-32-74(56(12)40-64)70-28-20-48(4)36-52(70)8/h17-44H,1-16H3. The lowest BCUT2D eigenvalue weighted by atomic mass is 9.88. The van der Waals surface area contributed by atoms with Gasteiger partial charge in [0.15, 0.2) is 0 Å². The minimum absolute atomic E-state index is 1.14. The number of benzene rings is 10. The summed E-state index contributed by atoms with van der Waals surface area (Å²) >= 11 is 0. The molecule has 0 radical (unpaired) electrons. The highest BCUT2D eigenvalue weighted by atomic mass is 15.1. The fourth-order valence-corrected chi connectivity index (χ4v) is 12.6. The summed E-state index contributed by atoms with van der Waals surface area (Å²) < 4.78 is 0. The van der Waals surface area contributed by atoms with E-state index in [1.807, 2.05) is 0 Å². The lowest BCUT2D eigenvalue weighted by molar-refractivity contribution is 1.22. The van der Waals surface area contributed by atoms with Gasteiger partial charge < -0.3 is 9.80 Å². The Bertz CT molecular complexity index is 3490. The predicted octanol–water partition coefficient (Wildman–Crippen LogP) is 21.9. The molecule has 2 heteroatoms. The van der Waals surface area contributed by atoms with Crippen molar-refractivity contribution in [3.05, 3.63) is 259 Å². The van der Waals surface area contributed by atoms with Crippen LogP contribution in [0.25, 0.3) is 55.6 Å². The largest absolute Gasteiger partial charge is 0.310 e. The summed E-state index contributed by atoms with van der Waals surface area (Å²) in [5.74, 6) is 0. The minimum Gasteiger partial charge on any atom is -0.310 e. The molecule has 390 valence electrons. The van der Waals surface area contributed by atoms with Crippen LogP contribution in [0.2, 0.25) is 0 Å². The highest BCUT2D eigenvalue weighted by Crippen LogP contribution is 2.46. The van der Waals surface area contributed by atoms with E-state index in [4.69, 9.17) is 0 Å². The Hall–Kier alpha value is -8.20. The predicted molar refractivity (Wildman–Crippen MR) is 339 cm³/mol. The normalized spacial score (nSPS) is 11.3. The Morgan fingerprint density at radius 1 is 0.167 bits per heavy atom. The summed E-state index contributed by atoms with van der Waals surface area (Å²) in [7, 11) is 0. The van der Waals surface area contributed by atoms with Crippen LogP contribution in [0.15, 0.2) is 170 Å². The zero-order valence-corrected chi connectivity index (χ0v) is 49.1. The highest BCUT2D eigenvalue weighted by molar-refractivity contribution is 5.89. The van der Waals surface area contributed by atoms with Crippen LogP contribution >= 0.6 is 0 Å². The third-order valence-corrected chi connectivity index (χ3v) is 16.4. The second kappa shape index (κ2) is 21.3. The maximum absolute atomic E-state index is 2.46. The smallest absolute Gasteiger partial charge is 0.0467 e. The van der Waals surface area contributed by atoms with E-state index in [9.17, 15) is 0 Å². The monoisotopic (exact) mass is 1020 g/mol. The van der Waals surface area contributed by atoms with Gasteiger partial charge in [-0.15, -0.1) is 0 Å². The van der Waals surface area contributed by atoms with Gasteiger partial charge in [0, 0.05) is 34.1 Å². The number of nitrogens with zero attached hydrogens (tertiary/aromatic N) is 2. The molecule has 0 bridgehead atoms. The molecule has 0 unspecified atom stereocenters. The van der Waals surface area contributed by atoms with Gasteiger partial charge in [-0.1, -0.05) is 119 Å². The summed E-state index contributed by atoms with van der Waals surface area (Å²) in [6.07, 6.45) is 0. The van der Waals surface area contributed by atoms with Crippen LogP contribution in [0.3, 0.4) is 0 Å². The molecule has 0 aliphatic rings. The Morgan fingerprint density at radius 3 is 0.513 bits per heavy atom. The fraction of sp³-hybridized carbons (Fsp3) is 0.211. The van der Waals surface area contributed by atoms with Crippen molar-refractivity contribution in [1.82, 2.24) is 0 Å². The molecule has 10 rings (SSSR count). The molecule has 0 N–H and O–H groups in total. The number of rotatable bonds is 11. The van der Waals surface area contributed by atoms with Gasteiger partial charge in [0.2, 0.25) is 0 Å². The van der Waals surface area contributed by atoms with E-state index in [0.717, 1.165) is 34.1 Å². The van der Waals surface area contributed by atoms with Crippen LogP contribution in [0, 0.1) is 111 Å². The molecule has 0 aromatic heterocycles. The van der Waals surface area contributed by atoms with Crippen molar-refractivity contribution in [2.24, 2.45) is 0 Å². The van der Waals surface area contributed by atoms with Crippen molar-refractivity contribution < 1.29 is 0 Å². The molecule has 10 aromatic carbocycles. The Balaban J connectivity index is 1.08. The van der Waals surface area contributed by atoms with Crippen LogP contribution in [0.1, 0.15) is 89.0 Å². The number of anilines is 6. The van der Waals surface area contributed by atoms with Gasteiger partial charge in [0.25, 0.3) is 0 Å². The lowest BCUT2D eigenvalue weighted by Crippen LogP contribution is -2.13. The van der Waals surface area contributed by atoms with E-state index in [1.165, 1.54) is 145 Å². The summed E-state index contributed by atoms with van der Waals surface area (Å²) in [6.45, 7) is 35.8. The summed E-state index contributed by atoms with van der Waals surface area (Å²) in [5, 5.41) is 0. The van der Waals surface area contributed by atoms with Crippen molar-refractivity contribution in [1.29, 1.82) is 0 Å². The molecule has 0 spiro atoms. The summed E-state index contributed by atoms with van der Waals surface area (Å²) in [5.41, 5.74) is 39.9. The average Bonchev–Trinajstić information content (AvgIpc) is 3.57. The van der Waals surface area contributed by atoms with E-state index < -0.39 is 0 Å². The number of aryl methyl sites for hydroxylation is 16. The van der Waals surface area contributed by atoms with Crippen molar-refractivity contribution in [2.45, 2.75) is 111 Å². The van der Waals surface area contributed by atoms with Gasteiger partial charge in [0.05, 0.1) is 0 Å². The van der Waals surface area contributed by atoms with Crippen molar-refractivity contribution in [3.63, 3.8) is 0 Å². The Labute approximate surface area is 466 Å². The highest BCUT2D eigenvalue weighted by Gasteiger charge is 2.23. The lowest BCUT2D eigenvalue weighted by Gasteiger charge is -2.30. The van der Waals surface area contributed by atoms with Gasteiger partial charge in [-0.05, 0) is 306 Å². The first-order chi connectivity index (χ1) is 37.2. The molecular formula is C76H76N2. The van der Waals surface area contributed by atoms with Crippen LogP contribution in [0.5, 0.6) is 0 Å². The molecule has 0 saturated heterocycles. The van der Waals surface area contributed by atoms with Crippen molar-refractivity contribution in [3.8, 4) is 55.6 Å². The molecule has 0 atom stereocenters. The van der Waals surface area contributed by atoms with Gasteiger partial charge in [-0.3, -0.25) is 0 Å². The molecule has 0 aliphatic carbocycles. The molecule has 0 saturated carbocycles. The molecule has 78 heavy (non-hydrogen) atoms. The van der Waals surface area contributed by atoms with Gasteiger partial charge in [-0.2, -0.15) is 0 Å². The molecule has 2 nitrogen and oxygen atoms in total. The first-order valence-electron chi connectivity index (χ1n) is 27.8. The van der Waals surface area contributed by atoms with Crippen LogP contribution in [0.4, 0.5) is 34.1 Å². The molecule has 0 heterocycles. The topological polar surface area (TPSA) is 6.48 Å². The number of hydrogen-bond acceptors (Lipinski definition) is 2. The Kier molecular flexibility index (Phi) is 14.5. The quantitative estimate of drug-likeness (QED) is 0.127. The van der Waals surface area contributed by atoms with Crippen LogP contribution in [-0.4, -0.2) is 0 Å². The minimum atomic E-state index is 1.14. The van der Waals surface area contributed by atoms with E-state index in [-0.39, 0.29) is 0 Å². The fourth-order valence-electron chi connectivity index (χ4n) is 12.6. The van der Waals surface area contributed by atoms with E-state index in [0.29, 0.717) is 0 Å². The van der Waals surface area contributed by atoms with E-state index in [2.05, 4.69) is 290 Å². The maximum Gasteiger partial charge on any atom is 0.0467 e. The summed E-state index contributed by atoms with van der Waals surface area (Å²) in [6, 6.07) is 64.8. The second-order valence-electron chi connectivity index (χ2n) is 22.9. The molecule has 0 amide bonds. The summed E-state index contributed by atoms with van der Waals surface area (Å²) in [4.78, 5) is 4.92.